The zero-order valence-corrected chi connectivity index (χ0v) is 16.0. The Bertz CT molecular complexity index is 852. The summed E-state index contributed by atoms with van der Waals surface area (Å²) in [6.07, 6.45) is 0.682. The lowest BCUT2D eigenvalue weighted by atomic mass is 9.92. The summed E-state index contributed by atoms with van der Waals surface area (Å²) in [4.78, 5) is 26.2. The van der Waals surface area contributed by atoms with Crippen LogP contribution < -0.4 is 10.8 Å². The van der Waals surface area contributed by atoms with Crippen LogP contribution in [0.3, 0.4) is 0 Å². The Kier molecular flexibility index (Phi) is 5.39. The summed E-state index contributed by atoms with van der Waals surface area (Å²) in [5.41, 5.74) is 3.19. The lowest BCUT2D eigenvalue weighted by Crippen LogP contribution is -2.45. The summed E-state index contributed by atoms with van der Waals surface area (Å²) in [7, 11) is 0. The maximum atomic E-state index is 13.0. The Labute approximate surface area is 163 Å². The summed E-state index contributed by atoms with van der Waals surface area (Å²) in [6.45, 7) is 4.67. The highest BCUT2D eigenvalue weighted by atomic mass is 35.5. The average molecular weight is 388 g/mol. The SMILES string of the molecule is CC(C)(c1cccc(Cl)c1)N1CCC(Nc2ccc(C(=O)NO)cc2)C1=O. The standard InChI is InChI=1S/C20H22ClN3O3/c1-20(2,14-4-3-5-15(21)12-14)24-11-10-17(19(24)26)22-16-8-6-13(7-9-16)18(25)23-27/h3-9,12,17,22,27H,10-11H2,1-2H3,(H,23,25). The van der Waals surface area contributed by atoms with Crippen LogP contribution in [0.2, 0.25) is 5.02 Å². The molecule has 3 N–H and O–H groups in total. The summed E-state index contributed by atoms with van der Waals surface area (Å²) < 4.78 is 0. The molecule has 7 heteroatoms. The second-order valence-electron chi connectivity index (χ2n) is 7.06. The Morgan fingerprint density at radius 1 is 1.22 bits per heavy atom. The van der Waals surface area contributed by atoms with Crippen molar-refractivity contribution in [3.63, 3.8) is 0 Å². The predicted octanol–water partition coefficient (Wildman–Crippen LogP) is 3.41. The number of nitrogens with zero attached hydrogens (tertiary/aromatic N) is 1. The van der Waals surface area contributed by atoms with Gasteiger partial charge in [0.05, 0.1) is 5.54 Å². The molecule has 1 saturated heterocycles. The van der Waals surface area contributed by atoms with E-state index in [2.05, 4.69) is 5.32 Å². The van der Waals surface area contributed by atoms with E-state index in [1.165, 1.54) is 0 Å². The first-order valence-corrected chi connectivity index (χ1v) is 9.09. The fourth-order valence-corrected chi connectivity index (χ4v) is 3.57. The molecule has 0 aromatic heterocycles. The van der Waals surface area contributed by atoms with Crippen LogP contribution >= 0.6 is 11.6 Å². The van der Waals surface area contributed by atoms with E-state index < -0.39 is 11.4 Å². The van der Waals surface area contributed by atoms with Gasteiger partial charge in [-0.25, -0.2) is 5.48 Å². The molecule has 2 aromatic carbocycles. The van der Waals surface area contributed by atoms with Crippen molar-refractivity contribution in [3.8, 4) is 0 Å². The van der Waals surface area contributed by atoms with E-state index in [1.54, 1.807) is 29.7 Å². The van der Waals surface area contributed by atoms with E-state index >= 15 is 0 Å². The van der Waals surface area contributed by atoms with Crippen LogP contribution in [0.5, 0.6) is 0 Å². The first kappa shape index (κ1) is 19.2. The zero-order valence-electron chi connectivity index (χ0n) is 15.2. The number of hydrogen-bond donors (Lipinski definition) is 3. The van der Waals surface area contributed by atoms with Crippen molar-refractivity contribution < 1.29 is 14.8 Å². The minimum absolute atomic E-state index is 0.0251. The van der Waals surface area contributed by atoms with Crippen molar-refractivity contribution in [2.24, 2.45) is 0 Å². The van der Waals surface area contributed by atoms with Crippen molar-refractivity contribution in [1.29, 1.82) is 0 Å². The molecule has 0 saturated carbocycles. The summed E-state index contributed by atoms with van der Waals surface area (Å²) in [5, 5.41) is 12.5. The monoisotopic (exact) mass is 387 g/mol. The molecule has 0 spiro atoms. The van der Waals surface area contributed by atoms with E-state index in [1.807, 2.05) is 43.0 Å². The molecule has 1 fully saturated rings. The van der Waals surface area contributed by atoms with E-state index in [9.17, 15) is 9.59 Å². The van der Waals surface area contributed by atoms with Crippen LogP contribution in [-0.4, -0.2) is 34.5 Å². The van der Waals surface area contributed by atoms with Gasteiger partial charge >= 0.3 is 0 Å². The van der Waals surface area contributed by atoms with Gasteiger partial charge in [0.2, 0.25) is 5.91 Å². The van der Waals surface area contributed by atoms with E-state index in [0.717, 1.165) is 11.3 Å². The Hall–Kier alpha value is -2.57. The second-order valence-corrected chi connectivity index (χ2v) is 7.50. The van der Waals surface area contributed by atoms with Crippen LogP contribution in [0.15, 0.2) is 48.5 Å². The van der Waals surface area contributed by atoms with E-state index in [4.69, 9.17) is 16.8 Å². The molecule has 27 heavy (non-hydrogen) atoms. The van der Waals surface area contributed by atoms with Crippen LogP contribution in [-0.2, 0) is 10.3 Å². The third kappa shape index (κ3) is 3.91. The highest BCUT2D eigenvalue weighted by Crippen LogP contribution is 2.33. The van der Waals surface area contributed by atoms with Gasteiger partial charge in [0.1, 0.15) is 6.04 Å². The second kappa shape index (κ2) is 7.58. The van der Waals surface area contributed by atoms with Gasteiger partial charge in [-0.3, -0.25) is 14.8 Å². The molecule has 1 atom stereocenters. The van der Waals surface area contributed by atoms with Crippen LogP contribution in [0, 0.1) is 0 Å². The smallest absolute Gasteiger partial charge is 0.274 e. The lowest BCUT2D eigenvalue weighted by Gasteiger charge is -2.36. The third-order valence-electron chi connectivity index (χ3n) is 5.00. The Morgan fingerprint density at radius 2 is 1.93 bits per heavy atom. The first-order valence-electron chi connectivity index (χ1n) is 8.71. The largest absolute Gasteiger partial charge is 0.374 e. The molecule has 6 nitrogen and oxygen atoms in total. The lowest BCUT2D eigenvalue weighted by molar-refractivity contribution is -0.133. The van der Waals surface area contributed by atoms with Crippen LogP contribution in [0.4, 0.5) is 5.69 Å². The number of hydroxylamine groups is 1. The van der Waals surface area contributed by atoms with Gasteiger partial charge in [-0.05, 0) is 62.2 Å². The van der Waals surface area contributed by atoms with Gasteiger partial charge in [0, 0.05) is 22.8 Å². The normalized spacial score (nSPS) is 17.1. The quantitative estimate of drug-likeness (QED) is 0.542. The summed E-state index contributed by atoms with van der Waals surface area (Å²) >= 11 is 6.12. The van der Waals surface area contributed by atoms with Gasteiger partial charge in [-0.15, -0.1) is 0 Å². The molecule has 3 rings (SSSR count). The molecule has 2 aromatic rings. The van der Waals surface area contributed by atoms with Gasteiger partial charge < -0.3 is 10.2 Å². The van der Waals surface area contributed by atoms with E-state index in [0.29, 0.717) is 23.6 Å². The highest BCUT2D eigenvalue weighted by molar-refractivity contribution is 6.30. The number of amides is 2. The number of benzene rings is 2. The van der Waals surface area contributed by atoms with E-state index in [-0.39, 0.29) is 11.9 Å². The van der Waals surface area contributed by atoms with Crippen molar-refractivity contribution in [2.75, 3.05) is 11.9 Å². The van der Waals surface area contributed by atoms with Crippen molar-refractivity contribution in [2.45, 2.75) is 31.8 Å². The van der Waals surface area contributed by atoms with Gasteiger partial charge in [-0.2, -0.15) is 0 Å². The van der Waals surface area contributed by atoms with Crippen molar-refractivity contribution in [1.82, 2.24) is 10.4 Å². The predicted molar refractivity (Wildman–Crippen MR) is 104 cm³/mol. The highest BCUT2D eigenvalue weighted by Gasteiger charge is 2.40. The summed E-state index contributed by atoms with van der Waals surface area (Å²) in [5.74, 6) is -0.551. The number of rotatable bonds is 5. The number of carbonyl (C=O) groups is 2. The Morgan fingerprint density at radius 3 is 2.56 bits per heavy atom. The molecule has 142 valence electrons. The number of likely N-dealkylation sites (tertiary alicyclic amines) is 1. The maximum Gasteiger partial charge on any atom is 0.274 e. The van der Waals surface area contributed by atoms with Gasteiger partial charge in [-0.1, -0.05) is 23.7 Å². The topological polar surface area (TPSA) is 81.7 Å². The molecular formula is C20H22ClN3O3. The average Bonchev–Trinajstić information content (AvgIpc) is 3.03. The van der Waals surface area contributed by atoms with Crippen molar-refractivity contribution >= 4 is 29.1 Å². The minimum atomic E-state index is -0.576. The molecular weight excluding hydrogens is 366 g/mol. The number of halogens is 1. The third-order valence-corrected chi connectivity index (χ3v) is 5.24. The maximum absolute atomic E-state index is 13.0. The first-order chi connectivity index (χ1) is 12.8. The molecule has 1 heterocycles. The number of anilines is 1. The molecule has 0 aliphatic carbocycles. The molecule has 0 bridgehead atoms. The van der Waals surface area contributed by atoms with Gasteiger partial charge in [0.15, 0.2) is 0 Å². The fraction of sp³-hybridized carbons (Fsp3) is 0.300. The number of carbonyl (C=O) groups excluding carboxylic acids is 2. The Balaban J connectivity index is 1.72. The fourth-order valence-electron chi connectivity index (χ4n) is 3.38. The molecule has 0 radical (unpaired) electrons. The van der Waals surface area contributed by atoms with Crippen molar-refractivity contribution in [3.05, 3.63) is 64.7 Å². The molecule has 1 unspecified atom stereocenters. The van der Waals surface area contributed by atoms with Crippen LogP contribution in [0.1, 0.15) is 36.2 Å². The molecule has 2 amide bonds. The zero-order chi connectivity index (χ0) is 19.6. The van der Waals surface area contributed by atoms with Gasteiger partial charge in [0.25, 0.3) is 5.91 Å². The minimum Gasteiger partial charge on any atom is -0.374 e. The molecule has 1 aliphatic heterocycles. The number of hydrogen-bond acceptors (Lipinski definition) is 4. The molecule has 1 aliphatic rings. The summed E-state index contributed by atoms with van der Waals surface area (Å²) in [6, 6.07) is 13.8. The number of nitrogens with one attached hydrogen (secondary N) is 2. The van der Waals surface area contributed by atoms with Crippen LogP contribution in [0.25, 0.3) is 0 Å².